The van der Waals surface area contributed by atoms with Crippen LogP contribution in [0.25, 0.3) is 0 Å². The molecule has 0 heterocycles. The van der Waals surface area contributed by atoms with E-state index in [-0.39, 0.29) is 10.8 Å². The highest BCUT2D eigenvalue weighted by Gasteiger charge is 2.58. The highest BCUT2D eigenvalue weighted by Crippen LogP contribution is 2.61. The maximum absolute atomic E-state index is 11.0. The van der Waals surface area contributed by atoms with Crippen molar-refractivity contribution in [2.24, 2.45) is 22.7 Å². The Kier molecular flexibility index (Phi) is 3.42. The summed E-state index contributed by atoms with van der Waals surface area (Å²) in [7, 11) is 0. The maximum atomic E-state index is 11.0. The smallest absolute Gasteiger partial charge is 0.146 e. The van der Waals surface area contributed by atoms with Crippen LogP contribution in [0.5, 0.6) is 0 Å². The van der Waals surface area contributed by atoms with Crippen LogP contribution in [0, 0.1) is 22.7 Å². The summed E-state index contributed by atoms with van der Waals surface area (Å²) in [6.07, 6.45) is 7.33. The lowest BCUT2D eigenvalue weighted by Gasteiger charge is -2.60. The zero-order valence-corrected chi connectivity index (χ0v) is 13.2. The summed E-state index contributed by atoms with van der Waals surface area (Å²) in [6.45, 7) is 6.43. The quantitative estimate of drug-likeness (QED) is 0.730. The van der Waals surface area contributed by atoms with Crippen LogP contribution in [0.1, 0.15) is 46.5 Å². The van der Waals surface area contributed by atoms with Gasteiger partial charge < -0.3 is 10.2 Å². The normalized spacial score (nSPS) is 45.0. The van der Waals surface area contributed by atoms with E-state index in [0.717, 1.165) is 31.1 Å². The van der Waals surface area contributed by atoms with Crippen LogP contribution >= 0.6 is 0 Å². The van der Waals surface area contributed by atoms with Gasteiger partial charge in [-0.25, -0.2) is 0 Å². The first-order chi connectivity index (χ1) is 9.80. The van der Waals surface area contributed by atoms with Crippen molar-refractivity contribution in [1.82, 2.24) is 0 Å². The van der Waals surface area contributed by atoms with Crippen LogP contribution < -0.4 is 0 Å². The number of aliphatic hydroxyl groups is 2. The average molecular weight is 290 g/mol. The van der Waals surface area contributed by atoms with E-state index < -0.39 is 12.2 Å². The Labute approximate surface area is 126 Å². The van der Waals surface area contributed by atoms with Crippen molar-refractivity contribution in [2.45, 2.75) is 58.7 Å². The van der Waals surface area contributed by atoms with Crippen LogP contribution in [-0.2, 0) is 4.79 Å². The van der Waals surface area contributed by atoms with E-state index in [9.17, 15) is 15.0 Å². The zero-order valence-electron chi connectivity index (χ0n) is 13.2. The van der Waals surface area contributed by atoms with Gasteiger partial charge in [0, 0.05) is 0 Å². The van der Waals surface area contributed by atoms with Gasteiger partial charge in [0.05, 0.1) is 12.2 Å². The summed E-state index contributed by atoms with van der Waals surface area (Å²) in [6, 6.07) is 0. The van der Waals surface area contributed by atoms with Gasteiger partial charge in [-0.3, -0.25) is 4.79 Å². The third-order valence-electron chi connectivity index (χ3n) is 6.48. The molecule has 2 N–H and O–H groups in total. The number of hydrogen-bond acceptors (Lipinski definition) is 3. The Morgan fingerprint density at radius 3 is 2.67 bits per heavy atom. The molecule has 5 unspecified atom stereocenters. The molecule has 3 rings (SSSR count). The molecule has 0 bridgehead atoms. The Hall–Kier alpha value is -0.930. The molecule has 0 aromatic carbocycles. The molecule has 21 heavy (non-hydrogen) atoms. The Morgan fingerprint density at radius 1 is 1.29 bits per heavy atom. The summed E-state index contributed by atoms with van der Waals surface area (Å²) in [4.78, 5) is 11.0. The number of allylic oxidation sites excluding steroid dienone is 4. The first-order valence-corrected chi connectivity index (χ1v) is 8.02. The summed E-state index contributed by atoms with van der Waals surface area (Å²) in [5.74, 6) is 0.754. The average Bonchev–Trinajstić information content (AvgIpc) is 2.44. The van der Waals surface area contributed by atoms with Gasteiger partial charge in [0.1, 0.15) is 6.29 Å². The van der Waals surface area contributed by atoms with E-state index in [4.69, 9.17) is 0 Å². The van der Waals surface area contributed by atoms with E-state index in [1.165, 1.54) is 5.57 Å². The first-order valence-electron chi connectivity index (χ1n) is 8.02. The molecule has 0 aromatic rings. The molecule has 1 saturated carbocycles. The zero-order chi connectivity index (χ0) is 15.4. The van der Waals surface area contributed by atoms with Crippen molar-refractivity contribution in [2.75, 3.05) is 0 Å². The fraction of sp³-hybridized carbons (Fsp3) is 0.722. The molecular weight excluding hydrogens is 264 g/mol. The summed E-state index contributed by atoms with van der Waals surface area (Å²) in [5, 5.41) is 20.8. The lowest BCUT2D eigenvalue weighted by molar-refractivity contribution is -0.174. The summed E-state index contributed by atoms with van der Waals surface area (Å²) < 4.78 is 0. The van der Waals surface area contributed by atoms with Crippen LogP contribution in [-0.4, -0.2) is 28.7 Å². The molecule has 5 atom stereocenters. The van der Waals surface area contributed by atoms with Gasteiger partial charge in [-0.1, -0.05) is 32.9 Å². The van der Waals surface area contributed by atoms with Crippen LogP contribution in [0.15, 0.2) is 23.3 Å². The van der Waals surface area contributed by atoms with Crippen molar-refractivity contribution < 1.29 is 15.0 Å². The SMILES string of the molecule is CC1(C)C(O)C(O)CC2(C)C3CCC(C=O)=CC3=CCC12. The highest BCUT2D eigenvalue weighted by molar-refractivity contribution is 5.75. The van der Waals surface area contributed by atoms with Crippen molar-refractivity contribution in [3.8, 4) is 0 Å². The minimum absolute atomic E-state index is 0.00283. The van der Waals surface area contributed by atoms with E-state index in [1.54, 1.807) is 0 Å². The molecule has 3 aliphatic carbocycles. The van der Waals surface area contributed by atoms with Gasteiger partial charge >= 0.3 is 0 Å². The molecule has 0 aliphatic heterocycles. The number of fused-ring (bicyclic) bond motifs is 3. The number of hydrogen-bond donors (Lipinski definition) is 2. The lowest BCUT2D eigenvalue weighted by atomic mass is 9.46. The maximum Gasteiger partial charge on any atom is 0.146 e. The molecule has 0 aromatic heterocycles. The molecule has 116 valence electrons. The van der Waals surface area contributed by atoms with Gasteiger partial charge in [-0.2, -0.15) is 0 Å². The fourth-order valence-corrected chi connectivity index (χ4v) is 5.34. The number of aldehydes is 1. The van der Waals surface area contributed by atoms with E-state index >= 15 is 0 Å². The molecule has 3 heteroatoms. The standard InChI is InChI=1S/C18H26O3/c1-17(2)15-7-5-12-8-11(10-19)4-6-13(12)18(15,3)9-14(20)16(17)21/h5,8,10,13-16,20-21H,4,6-7,9H2,1-3H3. The first kappa shape index (κ1) is 15.0. The van der Waals surface area contributed by atoms with Crippen LogP contribution in [0.3, 0.4) is 0 Å². The van der Waals surface area contributed by atoms with Crippen molar-refractivity contribution >= 4 is 6.29 Å². The second kappa shape index (κ2) is 4.79. The summed E-state index contributed by atoms with van der Waals surface area (Å²) >= 11 is 0. The minimum atomic E-state index is -0.657. The molecule has 0 saturated heterocycles. The second-order valence-electron chi connectivity index (χ2n) is 7.96. The van der Waals surface area contributed by atoms with Gasteiger partial charge in [-0.15, -0.1) is 0 Å². The largest absolute Gasteiger partial charge is 0.390 e. The van der Waals surface area contributed by atoms with Gasteiger partial charge in [0.2, 0.25) is 0 Å². The van der Waals surface area contributed by atoms with Crippen molar-refractivity contribution in [1.29, 1.82) is 0 Å². The Balaban J connectivity index is 2.03. The molecule has 0 spiro atoms. The summed E-state index contributed by atoms with van der Waals surface area (Å²) in [5.41, 5.74) is 1.86. The lowest BCUT2D eigenvalue weighted by Crippen LogP contribution is -2.59. The molecule has 3 aliphatic rings. The topological polar surface area (TPSA) is 57.5 Å². The van der Waals surface area contributed by atoms with Crippen LogP contribution in [0.4, 0.5) is 0 Å². The third kappa shape index (κ3) is 2.05. The number of rotatable bonds is 1. The Bertz CT molecular complexity index is 517. The molecule has 0 amide bonds. The minimum Gasteiger partial charge on any atom is -0.390 e. The monoisotopic (exact) mass is 290 g/mol. The van der Waals surface area contributed by atoms with Crippen molar-refractivity contribution in [3.05, 3.63) is 23.3 Å². The highest BCUT2D eigenvalue weighted by atomic mass is 16.3. The van der Waals surface area contributed by atoms with E-state index in [2.05, 4.69) is 26.8 Å². The van der Waals surface area contributed by atoms with E-state index in [0.29, 0.717) is 18.3 Å². The molecule has 1 fully saturated rings. The number of aliphatic hydroxyl groups excluding tert-OH is 2. The predicted molar refractivity (Wildman–Crippen MR) is 81.6 cm³/mol. The third-order valence-corrected chi connectivity index (χ3v) is 6.48. The molecule has 0 radical (unpaired) electrons. The van der Waals surface area contributed by atoms with Gasteiger partial charge in [0.25, 0.3) is 0 Å². The van der Waals surface area contributed by atoms with Crippen molar-refractivity contribution in [3.63, 3.8) is 0 Å². The number of carbonyl (C=O) groups is 1. The fourth-order valence-electron chi connectivity index (χ4n) is 5.34. The van der Waals surface area contributed by atoms with Gasteiger partial charge in [-0.05, 0) is 59.5 Å². The van der Waals surface area contributed by atoms with Crippen LogP contribution in [0.2, 0.25) is 0 Å². The number of carbonyl (C=O) groups excluding carboxylic acids is 1. The van der Waals surface area contributed by atoms with Gasteiger partial charge in [0.15, 0.2) is 0 Å². The van der Waals surface area contributed by atoms with E-state index in [1.807, 2.05) is 6.08 Å². The predicted octanol–water partition coefficient (Wildman–Crippen LogP) is 2.63. The Morgan fingerprint density at radius 2 is 2.00 bits per heavy atom. The molecule has 3 nitrogen and oxygen atoms in total. The second-order valence-corrected chi connectivity index (χ2v) is 7.96. The molecular formula is C18H26O3.